The quantitative estimate of drug-likeness (QED) is 0.747. The summed E-state index contributed by atoms with van der Waals surface area (Å²) in [6.07, 6.45) is 4.15. The maximum absolute atomic E-state index is 11.2. The second kappa shape index (κ2) is 6.02. The minimum Gasteiger partial charge on any atom is -0.350 e. The summed E-state index contributed by atoms with van der Waals surface area (Å²) in [5, 5.41) is 2.90. The van der Waals surface area contributed by atoms with Crippen LogP contribution in [-0.4, -0.2) is 11.9 Å². The first-order valence-electron chi connectivity index (χ1n) is 5.19. The zero-order chi connectivity index (χ0) is 11.1. The van der Waals surface area contributed by atoms with E-state index in [1.807, 2.05) is 32.0 Å². The van der Waals surface area contributed by atoms with Crippen molar-refractivity contribution in [2.45, 2.75) is 26.3 Å². The van der Waals surface area contributed by atoms with Gasteiger partial charge >= 0.3 is 0 Å². The van der Waals surface area contributed by atoms with Crippen molar-refractivity contribution in [1.82, 2.24) is 5.32 Å². The summed E-state index contributed by atoms with van der Waals surface area (Å²) in [5.74, 6) is -0.0269. The van der Waals surface area contributed by atoms with Crippen molar-refractivity contribution in [3.05, 3.63) is 48.0 Å². The molecule has 0 aromatic heterocycles. The molecule has 0 bridgehead atoms. The van der Waals surface area contributed by atoms with Gasteiger partial charge < -0.3 is 5.32 Å². The van der Waals surface area contributed by atoms with Crippen LogP contribution >= 0.6 is 0 Å². The summed E-state index contributed by atoms with van der Waals surface area (Å²) in [4.78, 5) is 11.2. The first-order valence-corrected chi connectivity index (χ1v) is 5.19. The highest BCUT2D eigenvalue weighted by atomic mass is 16.1. The molecule has 2 nitrogen and oxygen atoms in total. The highest BCUT2D eigenvalue weighted by Crippen LogP contribution is 2.02. The number of hydrogen-bond acceptors (Lipinski definition) is 1. The van der Waals surface area contributed by atoms with Gasteiger partial charge in [0.2, 0.25) is 5.91 Å². The molecule has 0 aliphatic rings. The molecule has 0 radical (unpaired) electrons. The fourth-order valence-corrected chi connectivity index (χ4v) is 1.46. The molecule has 0 aliphatic carbocycles. The standard InChI is InChI=1S/C13H17NO/c1-3-7-13(15)14-11(2)10-12-8-5-4-6-9-12/h3-9,11H,10H2,1-2H3,(H,14,15). The van der Waals surface area contributed by atoms with Gasteiger partial charge in [0, 0.05) is 6.04 Å². The predicted octanol–water partition coefficient (Wildman–Crippen LogP) is 2.31. The number of carbonyl (C=O) groups excluding carboxylic acids is 1. The molecule has 0 heterocycles. The van der Waals surface area contributed by atoms with Crippen molar-refractivity contribution < 1.29 is 4.79 Å². The van der Waals surface area contributed by atoms with Crippen LogP contribution in [0.15, 0.2) is 42.5 Å². The van der Waals surface area contributed by atoms with Crippen LogP contribution in [-0.2, 0) is 11.2 Å². The molecule has 1 unspecified atom stereocenters. The van der Waals surface area contributed by atoms with E-state index >= 15 is 0 Å². The molecule has 80 valence electrons. The average molecular weight is 203 g/mol. The van der Waals surface area contributed by atoms with Crippen LogP contribution in [0.2, 0.25) is 0 Å². The molecule has 1 N–H and O–H groups in total. The van der Waals surface area contributed by atoms with Crippen molar-refractivity contribution in [3.8, 4) is 0 Å². The highest BCUT2D eigenvalue weighted by Gasteiger charge is 2.04. The van der Waals surface area contributed by atoms with Crippen LogP contribution in [0.4, 0.5) is 0 Å². The Hall–Kier alpha value is -1.57. The van der Waals surface area contributed by atoms with E-state index in [1.165, 1.54) is 5.56 Å². The molecule has 1 atom stereocenters. The van der Waals surface area contributed by atoms with Crippen LogP contribution in [0.25, 0.3) is 0 Å². The molecule has 0 saturated heterocycles. The first kappa shape index (κ1) is 11.5. The van der Waals surface area contributed by atoms with Gasteiger partial charge in [-0.25, -0.2) is 0 Å². The fourth-order valence-electron chi connectivity index (χ4n) is 1.46. The number of nitrogens with one attached hydrogen (secondary N) is 1. The largest absolute Gasteiger partial charge is 0.350 e. The van der Waals surface area contributed by atoms with Crippen molar-refractivity contribution >= 4 is 5.91 Å². The highest BCUT2D eigenvalue weighted by molar-refractivity contribution is 5.87. The Morgan fingerprint density at radius 1 is 1.40 bits per heavy atom. The summed E-state index contributed by atoms with van der Waals surface area (Å²) in [7, 11) is 0. The maximum atomic E-state index is 11.2. The molecule has 1 amide bonds. The van der Waals surface area contributed by atoms with Gasteiger partial charge in [-0.15, -0.1) is 0 Å². The molecular formula is C13H17NO. The summed E-state index contributed by atoms with van der Waals surface area (Å²) in [6, 6.07) is 10.3. The first-order chi connectivity index (χ1) is 7.22. The van der Waals surface area contributed by atoms with E-state index in [0.29, 0.717) is 0 Å². The normalized spacial score (nSPS) is 12.7. The molecule has 15 heavy (non-hydrogen) atoms. The predicted molar refractivity (Wildman–Crippen MR) is 62.6 cm³/mol. The number of amides is 1. The molecule has 1 rings (SSSR count). The average Bonchev–Trinajstić information content (AvgIpc) is 2.19. The monoisotopic (exact) mass is 203 g/mol. The van der Waals surface area contributed by atoms with E-state index in [2.05, 4.69) is 17.4 Å². The van der Waals surface area contributed by atoms with Crippen LogP contribution in [0.1, 0.15) is 19.4 Å². The van der Waals surface area contributed by atoms with Gasteiger partial charge in [0.25, 0.3) is 0 Å². The Morgan fingerprint density at radius 3 is 2.67 bits per heavy atom. The zero-order valence-corrected chi connectivity index (χ0v) is 9.23. The minimum absolute atomic E-state index is 0.0269. The van der Waals surface area contributed by atoms with E-state index in [0.717, 1.165) is 6.42 Å². The molecule has 0 aliphatic heterocycles. The Morgan fingerprint density at radius 2 is 2.07 bits per heavy atom. The molecule has 0 saturated carbocycles. The topological polar surface area (TPSA) is 29.1 Å². The Kier molecular flexibility index (Phi) is 4.61. The third-order valence-corrected chi connectivity index (χ3v) is 2.09. The summed E-state index contributed by atoms with van der Waals surface area (Å²) < 4.78 is 0. The molecule has 0 spiro atoms. The van der Waals surface area contributed by atoms with Crippen LogP contribution in [0, 0.1) is 0 Å². The van der Waals surface area contributed by atoms with E-state index in [1.54, 1.807) is 12.2 Å². The van der Waals surface area contributed by atoms with Crippen LogP contribution in [0.5, 0.6) is 0 Å². The van der Waals surface area contributed by atoms with Crippen molar-refractivity contribution in [2.24, 2.45) is 0 Å². The van der Waals surface area contributed by atoms with Crippen LogP contribution in [0.3, 0.4) is 0 Å². The number of carbonyl (C=O) groups is 1. The number of allylic oxidation sites excluding steroid dienone is 1. The second-order valence-corrected chi connectivity index (χ2v) is 3.60. The van der Waals surface area contributed by atoms with E-state index in [4.69, 9.17) is 0 Å². The SMILES string of the molecule is CC=CC(=O)NC(C)Cc1ccccc1. The second-order valence-electron chi connectivity index (χ2n) is 3.60. The van der Waals surface area contributed by atoms with Gasteiger partial charge in [-0.2, -0.15) is 0 Å². The van der Waals surface area contributed by atoms with Crippen molar-refractivity contribution in [3.63, 3.8) is 0 Å². The van der Waals surface area contributed by atoms with E-state index < -0.39 is 0 Å². The maximum Gasteiger partial charge on any atom is 0.243 e. The Labute approximate surface area is 91.0 Å². The molecule has 0 fully saturated rings. The number of rotatable bonds is 4. The number of hydrogen-bond donors (Lipinski definition) is 1. The third-order valence-electron chi connectivity index (χ3n) is 2.09. The van der Waals surface area contributed by atoms with Gasteiger partial charge in [0.15, 0.2) is 0 Å². The Balaban J connectivity index is 2.43. The van der Waals surface area contributed by atoms with Crippen molar-refractivity contribution in [2.75, 3.05) is 0 Å². The zero-order valence-electron chi connectivity index (χ0n) is 9.23. The lowest BCUT2D eigenvalue weighted by Crippen LogP contribution is -2.32. The molecule has 2 heteroatoms. The lowest BCUT2D eigenvalue weighted by atomic mass is 10.1. The third kappa shape index (κ3) is 4.45. The van der Waals surface area contributed by atoms with E-state index in [9.17, 15) is 4.79 Å². The number of benzene rings is 1. The van der Waals surface area contributed by atoms with Gasteiger partial charge in [0.05, 0.1) is 0 Å². The van der Waals surface area contributed by atoms with Gasteiger partial charge in [-0.05, 0) is 31.9 Å². The Bertz CT molecular complexity index is 330. The smallest absolute Gasteiger partial charge is 0.243 e. The molecular weight excluding hydrogens is 186 g/mol. The lowest BCUT2D eigenvalue weighted by Gasteiger charge is -2.12. The van der Waals surface area contributed by atoms with Gasteiger partial charge in [-0.1, -0.05) is 36.4 Å². The van der Waals surface area contributed by atoms with Gasteiger partial charge in [0.1, 0.15) is 0 Å². The fraction of sp³-hybridized carbons (Fsp3) is 0.308. The summed E-state index contributed by atoms with van der Waals surface area (Å²) in [5.41, 5.74) is 1.24. The van der Waals surface area contributed by atoms with Gasteiger partial charge in [-0.3, -0.25) is 4.79 Å². The van der Waals surface area contributed by atoms with Crippen LogP contribution < -0.4 is 5.32 Å². The lowest BCUT2D eigenvalue weighted by molar-refractivity contribution is -0.117. The summed E-state index contributed by atoms with van der Waals surface area (Å²) in [6.45, 7) is 3.84. The van der Waals surface area contributed by atoms with Crippen molar-refractivity contribution in [1.29, 1.82) is 0 Å². The van der Waals surface area contributed by atoms with E-state index in [-0.39, 0.29) is 11.9 Å². The minimum atomic E-state index is -0.0269. The molecule has 1 aromatic carbocycles. The summed E-state index contributed by atoms with van der Waals surface area (Å²) >= 11 is 0. The molecule has 1 aromatic rings.